The van der Waals surface area contributed by atoms with Crippen LogP contribution in [0.1, 0.15) is 11.1 Å². The highest BCUT2D eigenvalue weighted by molar-refractivity contribution is 6.01. The number of carbonyl (C=O) groups excluding carboxylic acids is 2. The smallest absolute Gasteiger partial charge is 0.311 e. The van der Waals surface area contributed by atoms with E-state index in [9.17, 15) is 14.0 Å². The Labute approximate surface area is 96.4 Å². The summed E-state index contributed by atoms with van der Waals surface area (Å²) in [6, 6.07) is 5.23. The molecule has 5 nitrogen and oxygen atoms in total. The van der Waals surface area contributed by atoms with Gasteiger partial charge in [-0.25, -0.2) is 9.18 Å². The van der Waals surface area contributed by atoms with Crippen molar-refractivity contribution in [1.82, 2.24) is 10.2 Å². The Morgan fingerprint density at radius 2 is 2.24 bits per heavy atom. The first-order valence-electron chi connectivity index (χ1n) is 4.87. The van der Waals surface area contributed by atoms with Crippen LogP contribution in [0.5, 0.6) is 0 Å². The molecule has 1 aliphatic heterocycles. The lowest BCUT2D eigenvalue weighted by atomic mass is 10.1. The Morgan fingerprint density at radius 1 is 1.47 bits per heavy atom. The van der Waals surface area contributed by atoms with E-state index in [0.717, 1.165) is 0 Å². The zero-order valence-electron chi connectivity index (χ0n) is 8.74. The third-order valence-electron chi connectivity index (χ3n) is 2.40. The van der Waals surface area contributed by atoms with Crippen LogP contribution in [0.3, 0.4) is 0 Å². The molecular formula is C11H8FN3O2. The predicted octanol–water partition coefficient (Wildman–Crippen LogP) is 0.749. The zero-order valence-corrected chi connectivity index (χ0v) is 8.74. The van der Waals surface area contributed by atoms with E-state index < -0.39 is 17.8 Å². The highest BCUT2D eigenvalue weighted by Gasteiger charge is 2.27. The molecule has 1 fully saturated rings. The number of imide groups is 1. The minimum atomic E-state index is -0.545. The maximum Gasteiger partial charge on any atom is 0.324 e. The number of hydrogen-bond donors (Lipinski definition) is 1. The third kappa shape index (κ3) is 2.23. The van der Waals surface area contributed by atoms with Gasteiger partial charge in [0.25, 0.3) is 0 Å². The van der Waals surface area contributed by atoms with E-state index in [-0.39, 0.29) is 18.7 Å². The summed E-state index contributed by atoms with van der Waals surface area (Å²) in [5.74, 6) is -0.914. The van der Waals surface area contributed by atoms with Crippen molar-refractivity contribution in [2.75, 3.05) is 6.54 Å². The Hall–Kier alpha value is -2.42. The van der Waals surface area contributed by atoms with Crippen molar-refractivity contribution in [3.8, 4) is 6.07 Å². The van der Waals surface area contributed by atoms with Crippen LogP contribution in [0.2, 0.25) is 0 Å². The maximum absolute atomic E-state index is 13.4. The number of carbonyl (C=O) groups is 2. The Morgan fingerprint density at radius 3 is 2.82 bits per heavy atom. The third-order valence-corrected chi connectivity index (χ3v) is 2.40. The van der Waals surface area contributed by atoms with Crippen LogP contribution >= 0.6 is 0 Å². The highest BCUT2D eigenvalue weighted by Crippen LogP contribution is 2.14. The minimum Gasteiger partial charge on any atom is -0.311 e. The van der Waals surface area contributed by atoms with E-state index in [2.05, 4.69) is 5.32 Å². The van der Waals surface area contributed by atoms with Gasteiger partial charge in [-0.1, -0.05) is 0 Å². The van der Waals surface area contributed by atoms with Crippen molar-refractivity contribution < 1.29 is 14.0 Å². The first kappa shape index (κ1) is 11.1. The number of nitrogens with zero attached hydrogens (tertiary/aromatic N) is 2. The molecule has 0 radical (unpaired) electrons. The lowest BCUT2D eigenvalue weighted by Crippen LogP contribution is -2.28. The first-order valence-corrected chi connectivity index (χ1v) is 4.87. The van der Waals surface area contributed by atoms with E-state index in [1.807, 2.05) is 6.07 Å². The summed E-state index contributed by atoms with van der Waals surface area (Å²) < 4.78 is 13.4. The molecule has 1 heterocycles. The SMILES string of the molecule is N#Cc1ccc(F)c(CN2CC(=O)NC2=O)c1. The van der Waals surface area contributed by atoms with E-state index in [4.69, 9.17) is 5.26 Å². The topological polar surface area (TPSA) is 73.2 Å². The molecule has 0 aromatic heterocycles. The summed E-state index contributed by atoms with van der Waals surface area (Å²) in [6.45, 7) is -0.117. The Bertz CT molecular complexity index is 536. The standard InChI is InChI=1S/C11H8FN3O2/c12-9-2-1-7(4-13)3-8(9)5-15-6-10(16)14-11(15)17/h1-3H,5-6H2,(H,14,16,17). The van der Waals surface area contributed by atoms with Crippen molar-refractivity contribution in [1.29, 1.82) is 5.26 Å². The Kier molecular flexibility index (Phi) is 2.75. The van der Waals surface area contributed by atoms with Gasteiger partial charge in [0.1, 0.15) is 12.4 Å². The molecule has 0 saturated carbocycles. The van der Waals surface area contributed by atoms with Crippen molar-refractivity contribution in [3.05, 3.63) is 35.1 Å². The average molecular weight is 233 g/mol. The van der Waals surface area contributed by atoms with Crippen molar-refractivity contribution >= 4 is 11.9 Å². The van der Waals surface area contributed by atoms with Crippen LogP contribution in [0.15, 0.2) is 18.2 Å². The van der Waals surface area contributed by atoms with E-state index >= 15 is 0 Å². The molecule has 17 heavy (non-hydrogen) atoms. The van der Waals surface area contributed by atoms with Crippen LogP contribution in [0.4, 0.5) is 9.18 Å². The summed E-state index contributed by atoms with van der Waals surface area (Å²) in [6.07, 6.45) is 0. The molecule has 0 atom stereocenters. The summed E-state index contributed by atoms with van der Waals surface area (Å²) >= 11 is 0. The van der Waals surface area contributed by atoms with Crippen LogP contribution in [-0.4, -0.2) is 23.4 Å². The maximum atomic E-state index is 13.4. The van der Waals surface area contributed by atoms with Crippen molar-refractivity contribution in [2.24, 2.45) is 0 Å². The lowest BCUT2D eigenvalue weighted by molar-refractivity contribution is -0.118. The molecule has 3 amide bonds. The van der Waals surface area contributed by atoms with Crippen LogP contribution in [0, 0.1) is 17.1 Å². The highest BCUT2D eigenvalue weighted by atomic mass is 19.1. The normalized spacial score (nSPS) is 14.7. The molecule has 0 aliphatic carbocycles. The van der Waals surface area contributed by atoms with Gasteiger partial charge in [0, 0.05) is 5.56 Å². The van der Waals surface area contributed by atoms with Gasteiger partial charge in [-0.15, -0.1) is 0 Å². The predicted molar refractivity (Wildman–Crippen MR) is 55.1 cm³/mol. The quantitative estimate of drug-likeness (QED) is 0.766. The zero-order chi connectivity index (χ0) is 12.4. The average Bonchev–Trinajstić information content (AvgIpc) is 2.60. The van der Waals surface area contributed by atoms with Crippen LogP contribution in [0.25, 0.3) is 0 Å². The number of amides is 3. The lowest BCUT2D eigenvalue weighted by Gasteiger charge is -2.13. The second-order valence-corrected chi connectivity index (χ2v) is 3.63. The fourth-order valence-corrected chi connectivity index (χ4v) is 1.58. The molecule has 1 aromatic carbocycles. The fourth-order valence-electron chi connectivity index (χ4n) is 1.58. The molecule has 1 saturated heterocycles. The molecule has 1 aromatic rings. The molecule has 1 N–H and O–H groups in total. The number of urea groups is 1. The van der Waals surface area contributed by atoms with Gasteiger partial charge in [-0.05, 0) is 18.2 Å². The molecule has 1 aliphatic rings. The fraction of sp³-hybridized carbons (Fsp3) is 0.182. The monoisotopic (exact) mass is 233 g/mol. The van der Waals surface area contributed by atoms with Gasteiger partial charge in [0.2, 0.25) is 5.91 Å². The molecule has 0 spiro atoms. The number of benzene rings is 1. The second-order valence-electron chi connectivity index (χ2n) is 3.63. The molecule has 86 valence electrons. The number of nitriles is 1. The second kappa shape index (κ2) is 4.22. The molecular weight excluding hydrogens is 225 g/mol. The molecule has 2 rings (SSSR count). The van der Waals surface area contributed by atoms with Gasteiger partial charge in [0.15, 0.2) is 0 Å². The van der Waals surface area contributed by atoms with Gasteiger partial charge in [-0.2, -0.15) is 5.26 Å². The molecule has 0 bridgehead atoms. The minimum absolute atomic E-state index is 0.0288. The number of nitrogens with one attached hydrogen (secondary N) is 1. The Balaban J connectivity index is 2.21. The first-order chi connectivity index (χ1) is 8.10. The summed E-state index contributed by atoms with van der Waals surface area (Å²) in [7, 11) is 0. The largest absolute Gasteiger partial charge is 0.324 e. The summed E-state index contributed by atoms with van der Waals surface area (Å²) in [5.41, 5.74) is 0.529. The van der Waals surface area contributed by atoms with Gasteiger partial charge >= 0.3 is 6.03 Å². The van der Waals surface area contributed by atoms with Gasteiger partial charge < -0.3 is 4.90 Å². The number of rotatable bonds is 2. The summed E-state index contributed by atoms with van der Waals surface area (Å²) in [5, 5.41) is 10.8. The van der Waals surface area contributed by atoms with E-state index in [1.165, 1.54) is 23.1 Å². The van der Waals surface area contributed by atoms with Gasteiger partial charge in [0.05, 0.1) is 18.2 Å². The van der Waals surface area contributed by atoms with Gasteiger partial charge in [-0.3, -0.25) is 10.1 Å². The molecule has 0 unspecified atom stereocenters. The van der Waals surface area contributed by atoms with E-state index in [0.29, 0.717) is 5.56 Å². The van der Waals surface area contributed by atoms with Crippen molar-refractivity contribution in [2.45, 2.75) is 6.54 Å². The number of halogens is 1. The van der Waals surface area contributed by atoms with Crippen LogP contribution in [-0.2, 0) is 11.3 Å². The van der Waals surface area contributed by atoms with Crippen LogP contribution < -0.4 is 5.32 Å². The van der Waals surface area contributed by atoms with E-state index in [1.54, 1.807) is 0 Å². The van der Waals surface area contributed by atoms with Crippen molar-refractivity contribution in [3.63, 3.8) is 0 Å². The molecule has 6 heteroatoms. The number of hydrogen-bond acceptors (Lipinski definition) is 3. The summed E-state index contributed by atoms with van der Waals surface area (Å²) in [4.78, 5) is 23.4.